The molecule has 0 bridgehead atoms. The lowest BCUT2D eigenvalue weighted by Gasteiger charge is -2.11. The number of fused-ring (bicyclic) bond motifs is 12. The summed E-state index contributed by atoms with van der Waals surface area (Å²) in [5.74, 6) is 0. The fraction of sp³-hybridized carbons (Fsp3) is 0. The molecule has 4 heteroatoms. The van der Waals surface area contributed by atoms with Crippen LogP contribution in [-0.2, 0) is 0 Å². The predicted octanol–water partition coefficient (Wildman–Crippen LogP) is 16.0. The maximum absolute atomic E-state index is 6.68. The van der Waals surface area contributed by atoms with Gasteiger partial charge in [0.15, 0.2) is 0 Å². The van der Waals surface area contributed by atoms with Crippen molar-refractivity contribution in [2.24, 2.45) is 0 Å². The predicted molar refractivity (Wildman–Crippen MR) is 245 cm³/mol. The largest absolute Gasteiger partial charge is 0.455 e. The fourth-order valence-corrected chi connectivity index (χ4v) is 10.8. The van der Waals surface area contributed by atoms with Crippen LogP contribution in [0.2, 0.25) is 0 Å². The van der Waals surface area contributed by atoms with E-state index >= 15 is 0 Å². The van der Waals surface area contributed by atoms with Crippen molar-refractivity contribution in [2.75, 3.05) is 0 Å². The summed E-state index contributed by atoms with van der Waals surface area (Å²) in [6.07, 6.45) is 0. The van der Waals surface area contributed by atoms with Crippen molar-refractivity contribution in [1.29, 1.82) is 0 Å². The van der Waals surface area contributed by atoms with E-state index in [1.807, 2.05) is 23.5 Å². The minimum Gasteiger partial charge on any atom is -0.455 e. The Hall–Kier alpha value is -7.40. The standard InChI is InChI=1S/C54H31NO2S/c1-4-25-47-35(12-1)40-18-8-20-42(52(40)56-47)38-16-10-23-45-50(38)51-39(43-21-9-19-41-36-13-2-5-26-48(36)57-53(41)43)17-11-24-46(51)55(45)33-30-28-32(29-31-33)34-15-7-22-44-37-14-3-6-27-49(37)58-54(34)44/h1-31H. The van der Waals surface area contributed by atoms with E-state index in [0.29, 0.717) is 0 Å². The molecule has 0 atom stereocenters. The van der Waals surface area contributed by atoms with Crippen molar-refractivity contribution in [1.82, 2.24) is 4.57 Å². The average molecular weight is 758 g/mol. The number of hydrogen-bond acceptors (Lipinski definition) is 3. The number of hydrogen-bond donors (Lipinski definition) is 0. The highest BCUT2D eigenvalue weighted by molar-refractivity contribution is 7.26. The third-order valence-electron chi connectivity index (χ3n) is 12.0. The van der Waals surface area contributed by atoms with E-state index < -0.39 is 0 Å². The highest BCUT2D eigenvalue weighted by atomic mass is 32.1. The van der Waals surface area contributed by atoms with E-state index in [0.717, 1.165) is 82.9 Å². The first-order valence-electron chi connectivity index (χ1n) is 19.7. The zero-order valence-corrected chi connectivity index (χ0v) is 31.9. The summed E-state index contributed by atoms with van der Waals surface area (Å²) >= 11 is 1.87. The second kappa shape index (κ2) is 12.1. The zero-order valence-electron chi connectivity index (χ0n) is 31.1. The molecular weight excluding hydrogens is 727 g/mol. The van der Waals surface area contributed by atoms with Crippen LogP contribution in [0.5, 0.6) is 0 Å². The molecule has 13 aromatic rings. The van der Waals surface area contributed by atoms with Gasteiger partial charge in [-0.15, -0.1) is 11.3 Å². The second-order valence-corrected chi connectivity index (χ2v) is 16.2. The van der Waals surface area contributed by atoms with Crippen molar-refractivity contribution in [2.45, 2.75) is 0 Å². The lowest BCUT2D eigenvalue weighted by Crippen LogP contribution is -1.94. The van der Waals surface area contributed by atoms with Gasteiger partial charge in [-0.1, -0.05) is 146 Å². The number of nitrogens with zero attached hydrogens (tertiary/aromatic N) is 1. The lowest BCUT2D eigenvalue weighted by atomic mass is 9.93. The minimum atomic E-state index is 0.892. The summed E-state index contributed by atoms with van der Waals surface area (Å²) < 4.78 is 18.4. The Kier molecular flexibility index (Phi) is 6.60. The van der Waals surface area contributed by atoms with Gasteiger partial charge >= 0.3 is 0 Å². The zero-order chi connectivity index (χ0) is 37.9. The number of aromatic nitrogens is 1. The Labute approximate surface area is 336 Å². The number of furan rings is 2. The van der Waals surface area contributed by atoms with Crippen molar-refractivity contribution < 1.29 is 8.83 Å². The van der Waals surface area contributed by atoms with Gasteiger partial charge in [0, 0.05) is 69.3 Å². The molecule has 4 heterocycles. The molecule has 3 nitrogen and oxygen atoms in total. The molecule has 4 aromatic heterocycles. The van der Waals surface area contributed by atoms with Gasteiger partial charge in [0.2, 0.25) is 0 Å². The van der Waals surface area contributed by atoms with Crippen molar-refractivity contribution in [3.8, 4) is 39.1 Å². The van der Waals surface area contributed by atoms with Crippen LogP contribution in [-0.4, -0.2) is 4.57 Å². The molecule has 0 saturated heterocycles. The summed E-state index contributed by atoms with van der Waals surface area (Å²) in [5, 5.41) is 9.45. The van der Waals surface area contributed by atoms with E-state index in [-0.39, 0.29) is 0 Å². The minimum absolute atomic E-state index is 0.892. The van der Waals surface area contributed by atoms with Crippen LogP contribution in [0.3, 0.4) is 0 Å². The molecule has 0 radical (unpaired) electrons. The quantitative estimate of drug-likeness (QED) is 0.179. The van der Waals surface area contributed by atoms with Crippen molar-refractivity contribution in [3.63, 3.8) is 0 Å². The van der Waals surface area contributed by atoms with E-state index in [4.69, 9.17) is 8.83 Å². The summed E-state index contributed by atoms with van der Waals surface area (Å²) in [4.78, 5) is 0. The first-order valence-corrected chi connectivity index (χ1v) is 20.5. The molecule has 0 aliphatic rings. The first-order chi connectivity index (χ1) is 28.8. The van der Waals surface area contributed by atoms with Gasteiger partial charge in [0.1, 0.15) is 22.3 Å². The Morgan fingerprint density at radius 2 is 0.810 bits per heavy atom. The molecule has 270 valence electrons. The normalized spacial score (nSPS) is 12.1. The summed E-state index contributed by atoms with van der Waals surface area (Å²) in [6, 6.07) is 67.6. The van der Waals surface area contributed by atoms with Crippen molar-refractivity contribution in [3.05, 3.63) is 188 Å². The first kappa shape index (κ1) is 31.8. The van der Waals surface area contributed by atoms with Crippen LogP contribution in [0.15, 0.2) is 197 Å². The van der Waals surface area contributed by atoms with Gasteiger partial charge < -0.3 is 13.4 Å². The maximum atomic E-state index is 6.68. The molecule has 0 saturated carbocycles. The number of benzene rings is 9. The third-order valence-corrected chi connectivity index (χ3v) is 13.3. The van der Waals surface area contributed by atoms with E-state index in [1.54, 1.807) is 0 Å². The molecule has 13 rings (SSSR count). The molecular formula is C54H31NO2S. The molecule has 0 amide bonds. The molecule has 0 unspecified atom stereocenters. The monoisotopic (exact) mass is 757 g/mol. The van der Waals surface area contributed by atoms with E-state index in [9.17, 15) is 0 Å². The van der Waals surface area contributed by atoms with Gasteiger partial charge in [0.25, 0.3) is 0 Å². The van der Waals surface area contributed by atoms with Crippen LogP contribution in [0.25, 0.3) is 125 Å². The number of rotatable bonds is 4. The molecule has 58 heavy (non-hydrogen) atoms. The molecule has 0 spiro atoms. The van der Waals surface area contributed by atoms with E-state index in [2.05, 4.69) is 180 Å². The number of thiophene rings is 1. The van der Waals surface area contributed by atoms with Crippen LogP contribution in [0.4, 0.5) is 0 Å². The number of para-hydroxylation sites is 4. The Balaban J connectivity index is 1.09. The highest BCUT2D eigenvalue weighted by Crippen LogP contribution is 2.47. The van der Waals surface area contributed by atoms with Gasteiger partial charge in [-0.05, 0) is 64.7 Å². The molecule has 0 aliphatic heterocycles. The Bertz CT molecular complexity index is 3630. The average Bonchev–Trinajstić information content (AvgIpc) is 4.05. The van der Waals surface area contributed by atoms with Gasteiger partial charge in [-0.3, -0.25) is 0 Å². The Morgan fingerprint density at radius 3 is 1.41 bits per heavy atom. The SMILES string of the molecule is c1ccc2c(c1)oc1c(-c3cccc4c3c3c(-c5cccc6c5oc5ccccc56)cccc3n4-c3ccc(-c4cccc5c4sc4ccccc45)cc3)cccc12. The van der Waals surface area contributed by atoms with Crippen LogP contribution >= 0.6 is 11.3 Å². The topological polar surface area (TPSA) is 31.2 Å². The molecule has 0 fully saturated rings. The van der Waals surface area contributed by atoms with Crippen LogP contribution in [0.1, 0.15) is 0 Å². The van der Waals surface area contributed by atoms with Gasteiger partial charge in [0.05, 0.1) is 11.0 Å². The van der Waals surface area contributed by atoms with Gasteiger partial charge in [-0.2, -0.15) is 0 Å². The molecule has 0 aliphatic carbocycles. The third kappa shape index (κ3) is 4.43. The summed E-state index contributed by atoms with van der Waals surface area (Å²) in [6.45, 7) is 0. The van der Waals surface area contributed by atoms with Crippen molar-refractivity contribution >= 4 is 97.2 Å². The second-order valence-electron chi connectivity index (χ2n) is 15.1. The highest BCUT2D eigenvalue weighted by Gasteiger charge is 2.23. The maximum Gasteiger partial charge on any atom is 0.143 e. The van der Waals surface area contributed by atoms with Crippen LogP contribution in [0, 0.1) is 0 Å². The lowest BCUT2D eigenvalue weighted by molar-refractivity contribution is 0.669. The van der Waals surface area contributed by atoms with E-state index in [1.165, 1.54) is 42.1 Å². The van der Waals surface area contributed by atoms with Gasteiger partial charge in [-0.25, -0.2) is 0 Å². The summed E-state index contributed by atoms with van der Waals surface area (Å²) in [5.41, 5.74) is 13.8. The smallest absolute Gasteiger partial charge is 0.143 e. The van der Waals surface area contributed by atoms with Crippen LogP contribution < -0.4 is 0 Å². The molecule has 9 aromatic carbocycles. The summed E-state index contributed by atoms with van der Waals surface area (Å²) in [7, 11) is 0. The molecule has 0 N–H and O–H groups in total. The fourth-order valence-electron chi connectivity index (χ4n) is 9.52. The Morgan fingerprint density at radius 1 is 0.345 bits per heavy atom.